The summed E-state index contributed by atoms with van der Waals surface area (Å²) >= 11 is 0. The van der Waals surface area contributed by atoms with Crippen molar-refractivity contribution in [3.05, 3.63) is 47.5 Å². The van der Waals surface area contributed by atoms with Crippen LogP contribution in [0.1, 0.15) is 106 Å². The molecule has 0 saturated carbocycles. The smallest absolute Gasteiger partial charge is 0.458 e. The summed E-state index contributed by atoms with van der Waals surface area (Å²) in [6.45, 7) is 18.6. The van der Waals surface area contributed by atoms with Gasteiger partial charge in [0.15, 0.2) is 30.4 Å². The number of hydrogen-bond acceptors (Lipinski definition) is 18. The summed E-state index contributed by atoms with van der Waals surface area (Å²) in [6, 6.07) is 5.64. The van der Waals surface area contributed by atoms with Gasteiger partial charge in [-0.1, -0.05) is 44.2 Å². The molecule has 400 valence electrons. The lowest BCUT2D eigenvalue weighted by atomic mass is 9.77. The zero-order valence-corrected chi connectivity index (χ0v) is 43.9. The highest BCUT2D eigenvalue weighted by Gasteiger charge is 2.58. The third-order valence-electron chi connectivity index (χ3n) is 15.2. The summed E-state index contributed by atoms with van der Waals surface area (Å²) in [5, 5.41) is 35.4. The topological polar surface area (TPSA) is 224 Å². The van der Waals surface area contributed by atoms with Gasteiger partial charge in [0.2, 0.25) is 0 Å². The number of fused-ring (bicyclic) bond motifs is 1. The molecule has 4 fully saturated rings. The number of halogens is 1. The van der Waals surface area contributed by atoms with Crippen LogP contribution in [0.25, 0.3) is 0 Å². The van der Waals surface area contributed by atoms with Gasteiger partial charge < -0.3 is 63.1 Å². The number of amides is 1. The molecule has 4 aliphatic rings. The number of aliphatic hydroxyl groups excluding tert-OH is 1. The van der Waals surface area contributed by atoms with Crippen molar-refractivity contribution in [2.45, 2.75) is 198 Å². The van der Waals surface area contributed by atoms with Gasteiger partial charge in [-0.05, 0) is 101 Å². The van der Waals surface area contributed by atoms with Gasteiger partial charge in [-0.2, -0.15) is 0 Å². The second-order valence-electron chi connectivity index (χ2n) is 21.3. The number of alkyl carbamates (subject to hydrolysis) is 1. The Morgan fingerprint density at radius 2 is 1.72 bits per heavy atom. The number of carbonyl (C=O) groups is 3. The molecular weight excluding hydrogens is 928 g/mol. The number of nitrogens with one attached hydrogen (secondary N) is 1. The molecule has 5 heterocycles. The summed E-state index contributed by atoms with van der Waals surface area (Å²) in [5.41, 5.74) is -3.34. The summed E-state index contributed by atoms with van der Waals surface area (Å²) in [4.78, 5) is 45.0. The number of methoxy groups -OCH3 is 1. The highest BCUT2D eigenvalue weighted by Crippen LogP contribution is 2.42. The lowest BCUT2D eigenvalue weighted by molar-refractivity contribution is -0.317. The predicted octanol–water partition coefficient (Wildman–Crippen LogP) is 4.80. The highest BCUT2D eigenvalue weighted by molar-refractivity contribution is 5.73. The Kier molecular flexibility index (Phi) is 18.2. The van der Waals surface area contributed by atoms with Crippen molar-refractivity contribution in [2.75, 3.05) is 34.8 Å². The van der Waals surface area contributed by atoms with E-state index in [9.17, 15) is 29.0 Å². The fourth-order valence-corrected chi connectivity index (χ4v) is 11.2. The van der Waals surface area contributed by atoms with E-state index in [1.807, 2.05) is 65.6 Å². The molecule has 0 aliphatic carbocycles. The maximum absolute atomic E-state index is 14.8. The Morgan fingerprint density at radius 1 is 1.01 bits per heavy atom. The number of esters is 1. The van der Waals surface area contributed by atoms with Crippen molar-refractivity contribution >= 4 is 18.2 Å². The highest BCUT2D eigenvalue weighted by atomic mass is 19.1. The minimum atomic E-state index is -1.63. The first kappa shape index (κ1) is 56.2. The molecule has 21 heteroatoms. The lowest BCUT2D eigenvalue weighted by Crippen LogP contribution is -2.61. The van der Waals surface area contributed by atoms with Gasteiger partial charge >= 0.3 is 18.2 Å². The van der Waals surface area contributed by atoms with Crippen molar-refractivity contribution in [3.8, 4) is 0 Å². The number of rotatable bonds is 12. The Hall–Kier alpha value is -4.06. The molecule has 1 aromatic heterocycles. The zero-order chi connectivity index (χ0) is 52.3. The first-order valence-corrected chi connectivity index (χ1v) is 24.9. The van der Waals surface area contributed by atoms with Crippen LogP contribution in [0.3, 0.4) is 0 Å². The third-order valence-corrected chi connectivity index (χ3v) is 15.2. The summed E-state index contributed by atoms with van der Waals surface area (Å²) < 4.78 is 72.4. The Bertz CT molecular complexity index is 2120. The average Bonchev–Trinajstić information content (AvgIpc) is 3.89. The molecule has 0 bridgehead atoms. The van der Waals surface area contributed by atoms with Crippen molar-refractivity contribution in [3.63, 3.8) is 0 Å². The summed E-state index contributed by atoms with van der Waals surface area (Å²) in [6.07, 6.45) is -8.43. The number of benzene rings is 1. The van der Waals surface area contributed by atoms with Crippen LogP contribution >= 0.6 is 0 Å². The van der Waals surface area contributed by atoms with Crippen LogP contribution < -0.4 is 5.32 Å². The van der Waals surface area contributed by atoms with Gasteiger partial charge in [0.05, 0.1) is 55.2 Å². The molecule has 71 heavy (non-hydrogen) atoms. The lowest BCUT2D eigenvalue weighted by Gasteiger charge is -2.49. The van der Waals surface area contributed by atoms with Crippen molar-refractivity contribution in [1.82, 2.24) is 30.1 Å². The maximum atomic E-state index is 14.8. The molecule has 1 amide bonds. The van der Waals surface area contributed by atoms with E-state index in [0.29, 0.717) is 24.2 Å². The van der Waals surface area contributed by atoms with E-state index < -0.39 is 108 Å². The molecule has 0 spiro atoms. The van der Waals surface area contributed by atoms with E-state index >= 15 is 0 Å². The van der Waals surface area contributed by atoms with Gasteiger partial charge in [0.1, 0.15) is 29.3 Å². The molecule has 20 nitrogen and oxygen atoms in total. The summed E-state index contributed by atoms with van der Waals surface area (Å²) in [7, 11) is 7.14. The van der Waals surface area contributed by atoms with Crippen LogP contribution in [0, 0.1) is 23.6 Å². The molecule has 2 aromatic rings. The first-order chi connectivity index (χ1) is 33.3. The predicted molar refractivity (Wildman–Crippen MR) is 254 cm³/mol. The Labute approximate surface area is 417 Å². The minimum absolute atomic E-state index is 0.0153. The molecule has 0 radical (unpaired) electrons. The van der Waals surface area contributed by atoms with E-state index in [0.717, 1.165) is 0 Å². The van der Waals surface area contributed by atoms with Crippen LogP contribution in [0.2, 0.25) is 0 Å². The number of aromatic nitrogens is 3. The van der Waals surface area contributed by atoms with E-state index in [2.05, 4.69) is 15.6 Å². The Balaban J connectivity index is 1.28. The molecule has 18 atom stereocenters. The van der Waals surface area contributed by atoms with E-state index in [1.165, 1.54) is 17.9 Å². The first-order valence-electron chi connectivity index (χ1n) is 24.9. The minimum Gasteiger partial charge on any atom is -0.458 e. The number of likely N-dealkylation sites (N-methyl/N-ethyl adjacent to an activating group) is 2. The van der Waals surface area contributed by atoms with Crippen LogP contribution in [0.5, 0.6) is 0 Å². The van der Waals surface area contributed by atoms with E-state index in [4.69, 9.17) is 42.6 Å². The quantitative estimate of drug-likeness (QED) is 0.192. The van der Waals surface area contributed by atoms with Crippen molar-refractivity contribution < 1.29 is 71.6 Å². The largest absolute Gasteiger partial charge is 0.509 e. The van der Waals surface area contributed by atoms with Gasteiger partial charge in [-0.3, -0.25) is 9.69 Å². The van der Waals surface area contributed by atoms with E-state index in [1.54, 1.807) is 59.0 Å². The SMILES string of the molecule is CC[C@@H]1OC(=O)[C@H](C)[C@H](O[C@H]2C[C@@](C)(OC)[C@@H](OC(=O)NCc3cn(Cc4ccccc4F)nn3)[C@H](C)O2)[C@H](C)[C@@H](O[C@@H]2O[C@H](C)C[C@H](N(C)C)[C@H]2O)[C@](C)(O)C[C@@H](C)CN(C)[C@H](C)[C@@H]2OC(=O)O[C@]12C. The van der Waals surface area contributed by atoms with Gasteiger partial charge in [0, 0.05) is 43.6 Å². The number of hydrogen-bond donors (Lipinski definition) is 3. The fraction of sp³-hybridized carbons (Fsp3) is 0.780. The fourth-order valence-electron chi connectivity index (χ4n) is 11.2. The molecule has 3 N–H and O–H groups in total. The molecule has 1 aromatic carbocycles. The molecule has 4 saturated heterocycles. The maximum Gasteiger partial charge on any atom is 0.509 e. The monoisotopic (exact) mass is 1010 g/mol. The molecule has 0 unspecified atom stereocenters. The van der Waals surface area contributed by atoms with Crippen LogP contribution in [-0.4, -0.2) is 178 Å². The number of carbonyl (C=O) groups excluding carboxylic acids is 3. The normalized spacial score (nSPS) is 39.9. The van der Waals surface area contributed by atoms with E-state index in [-0.39, 0.29) is 56.2 Å². The van der Waals surface area contributed by atoms with Gasteiger partial charge in [-0.15, -0.1) is 5.10 Å². The van der Waals surface area contributed by atoms with Gasteiger partial charge in [0.25, 0.3) is 0 Å². The average molecular weight is 1010 g/mol. The molecular formula is C50H79FN6O14. The van der Waals surface area contributed by atoms with Crippen LogP contribution in [0.15, 0.2) is 30.5 Å². The van der Waals surface area contributed by atoms with Crippen molar-refractivity contribution in [1.29, 1.82) is 0 Å². The molecule has 6 rings (SSSR count). The number of ether oxygens (including phenoxy) is 9. The number of cyclic esters (lactones) is 1. The van der Waals surface area contributed by atoms with Crippen LogP contribution in [0.4, 0.5) is 14.0 Å². The summed E-state index contributed by atoms with van der Waals surface area (Å²) in [5.74, 6) is -3.14. The standard InChI is InChI=1S/C50H79FN6O14/c1-15-37-50(10)42(70-47(61)71-50)31(6)56(13)24-27(2)21-48(8,62)41(68-45-39(58)36(55(11)12)20-28(3)64-45)29(4)40(30(5)44(59)66-37)67-38-22-49(9,63-14)43(32(7)65-38)69-46(60)52-23-34-26-57(54-53-34)25-33-18-16-17-19-35(33)51/h16-19,26-32,36-43,45,58,62H,15,20-25H2,1-14H3,(H,52,60)/t27-,28-,29+,30-,31-,32+,36+,37+,38+,39-,40-,41-,42+,43+,45+,48-,49-,50-/m1/s1. The zero-order valence-electron chi connectivity index (χ0n) is 43.9. The second kappa shape index (κ2) is 23.0. The third kappa shape index (κ3) is 12.8. The van der Waals surface area contributed by atoms with Gasteiger partial charge in [-0.25, -0.2) is 18.7 Å². The number of nitrogens with zero attached hydrogens (tertiary/aromatic N) is 5. The van der Waals surface area contributed by atoms with Crippen LogP contribution in [-0.2, 0) is 60.5 Å². The Morgan fingerprint density at radius 3 is 2.38 bits per heavy atom. The number of aliphatic hydroxyl groups is 2. The second-order valence-corrected chi connectivity index (χ2v) is 21.3. The molecule has 4 aliphatic heterocycles. The van der Waals surface area contributed by atoms with Crippen molar-refractivity contribution in [2.24, 2.45) is 17.8 Å².